The van der Waals surface area contributed by atoms with Crippen LogP contribution in [-0.2, 0) is 6.18 Å². The lowest BCUT2D eigenvalue weighted by molar-refractivity contribution is -0.137. The molecule has 0 bridgehead atoms. The first-order chi connectivity index (χ1) is 10.4. The summed E-state index contributed by atoms with van der Waals surface area (Å²) in [6.45, 7) is 3.15. The van der Waals surface area contributed by atoms with E-state index >= 15 is 0 Å². The monoisotopic (exact) mass is 310 g/mol. The van der Waals surface area contributed by atoms with E-state index in [4.69, 9.17) is 0 Å². The number of rotatable bonds is 1. The minimum absolute atomic E-state index is 0.0943. The van der Waals surface area contributed by atoms with Gasteiger partial charge in [-0.25, -0.2) is 0 Å². The first-order valence-electron chi connectivity index (χ1n) is 7.37. The molecule has 0 radical (unpaired) electrons. The van der Waals surface area contributed by atoms with Crippen molar-refractivity contribution in [1.82, 2.24) is 9.88 Å². The summed E-state index contributed by atoms with van der Waals surface area (Å²) in [7, 11) is 0. The van der Waals surface area contributed by atoms with Gasteiger partial charge in [-0.05, 0) is 38.3 Å². The number of aromatic amines is 1. The van der Waals surface area contributed by atoms with Gasteiger partial charge in [-0.2, -0.15) is 13.2 Å². The average Bonchev–Trinajstić information content (AvgIpc) is 2.81. The standard InChI is InChI=1S/C16H17F3N2O/c1-10-14(15(22)21-7-3-2-4-8-21)12-6-5-11(16(17,18)19)9-13(12)20-10/h5-6,9,20H,2-4,7-8H2,1H3. The summed E-state index contributed by atoms with van der Waals surface area (Å²) < 4.78 is 38.4. The van der Waals surface area contributed by atoms with Crippen LogP contribution in [0.15, 0.2) is 18.2 Å². The zero-order valence-corrected chi connectivity index (χ0v) is 12.3. The van der Waals surface area contributed by atoms with Gasteiger partial charge in [0.05, 0.1) is 11.1 Å². The van der Waals surface area contributed by atoms with E-state index in [0.717, 1.165) is 31.4 Å². The molecule has 3 nitrogen and oxygen atoms in total. The van der Waals surface area contributed by atoms with Crippen molar-refractivity contribution in [3.05, 3.63) is 35.0 Å². The summed E-state index contributed by atoms with van der Waals surface area (Å²) in [5, 5.41) is 0.557. The molecule has 6 heteroatoms. The number of carbonyl (C=O) groups excluding carboxylic acids is 1. The molecule has 2 heterocycles. The fourth-order valence-electron chi connectivity index (χ4n) is 3.04. The third-order valence-electron chi connectivity index (χ3n) is 4.17. The van der Waals surface area contributed by atoms with Crippen molar-refractivity contribution in [2.75, 3.05) is 13.1 Å². The smallest absolute Gasteiger partial charge is 0.358 e. The highest BCUT2D eigenvalue weighted by Gasteiger charge is 2.31. The number of halogens is 3. The van der Waals surface area contributed by atoms with Gasteiger partial charge in [0.25, 0.3) is 5.91 Å². The second-order valence-electron chi connectivity index (χ2n) is 5.74. The molecule has 2 aromatic rings. The molecule has 1 saturated heterocycles. The Balaban J connectivity index is 2.03. The summed E-state index contributed by atoms with van der Waals surface area (Å²) >= 11 is 0. The quantitative estimate of drug-likeness (QED) is 0.845. The first kappa shape index (κ1) is 14.9. The van der Waals surface area contributed by atoms with Crippen LogP contribution >= 0.6 is 0 Å². The van der Waals surface area contributed by atoms with Gasteiger partial charge in [0.2, 0.25) is 0 Å². The highest BCUT2D eigenvalue weighted by Crippen LogP contribution is 2.33. The van der Waals surface area contributed by atoms with Crippen molar-refractivity contribution in [1.29, 1.82) is 0 Å². The Morgan fingerprint density at radius 3 is 2.50 bits per heavy atom. The molecule has 0 saturated carbocycles. The van der Waals surface area contributed by atoms with Crippen LogP contribution < -0.4 is 0 Å². The van der Waals surface area contributed by atoms with E-state index in [-0.39, 0.29) is 5.91 Å². The van der Waals surface area contributed by atoms with Crippen LogP contribution in [0.4, 0.5) is 13.2 Å². The Morgan fingerprint density at radius 1 is 1.18 bits per heavy atom. The largest absolute Gasteiger partial charge is 0.416 e. The molecule has 0 spiro atoms. The number of amides is 1. The summed E-state index contributed by atoms with van der Waals surface area (Å²) in [4.78, 5) is 17.4. The number of likely N-dealkylation sites (tertiary alicyclic amines) is 1. The molecule has 118 valence electrons. The molecule has 1 aliphatic heterocycles. The second kappa shape index (κ2) is 5.34. The van der Waals surface area contributed by atoms with E-state index in [9.17, 15) is 18.0 Å². The van der Waals surface area contributed by atoms with Crippen LogP contribution in [0.5, 0.6) is 0 Å². The summed E-state index contributed by atoms with van der Waals surface area (Å²) in [6, 6.07) is 3.48. The Morgan fingerprint density at radius 2 is 1.86 bits per heavy atom. The van der Waals surface area contributed by atoms with E-state index in [1.54, 1.807) is 11.8 Å². The van der Waals surface area contributed by atoms with Crippen molar-refractivity contribution in [3.8, 4) is 0 Å². The van der Waals surface area contributed by atoms with E-state index in [2.05, 4.69) is 4.98 Å². The number of nitrogens with one attached hydrogen (secondary N) is 1. The summed E-state index contributed by atoms with van der Waals surface area (Å²) in [5.41, 5.74) is 0.751. The van der Waals surface area contributed by atoms with Crippen LogP contribution in [0.25, 0.3) is 10.9 Å². The molecule has 0 atom stereocenters. The van der Waals surface area contributed by atoms with Gasteiger partial charge in [-0.1, -0.05) is 6.07 Å². The minimum atomic E-state index is -4.38. The zero-order valence-electron chi connectivity index (χ0n) is 12.3. The predicted molar refractivity (Wildman–Crippen MR) is 77.8 cm³/mol. The van der Waals surface area contributed by atoms with Crippen LogP contribution in [-0.4, -0.2) is 28.9 Å². The highest BCUT2D eigenvalue weighted by molar-refractivity contribution is 6.08. The van der Waals surface area contributed by atoms with Crippen LogP contribution in [0.1, 0.15) is 40.9 Å². The van der Waals surface area contributed by atoms with Crippen molar-refractivity contribution in [2.24, 2.45) is 0 Å². The van der Waals surface area contributed by atoms with Crippen molar-refractivity contribution in [3.63, 3.8) is 0 Å². The summed E-state index contributed by atoms with van der Waals surface area (Å²) in [5.74, 6) is -0.0943. The highest BCUT2D eigenvalue weighted by atomic mass is 19.4. The van der Waals surface area contributed by atoms with E-state index < -0.39 is 11.7 Å². The van der Waals surface area contributed by atoms with Gasteiger partial charge in [0.15, 0.2) is 0 Å². The van der Waals surface area contributed by atoms with E-state index in [1.807, 2.05) is 0 Å². The lowest BCUT2D eigenvalue weighted by Gasteiger charge is -2.26. The maximum Gasteiger partial charge on any atom is 0.416 e. The predicted octanol–water partition coefficient (Wildman–Crippen LogP) is 4.12. The number of hydrogen-bond donors (Lipinski definition) is 1. The molecule has 0 aliphatic carbocycles. The third-order valence-corrected chi connectivity index (χ3v) is 4.17. The summed E-state index contributed by atoms with van der Waals surface area (Å²) in [6.07, 6.45) is -1.31. The molecular formula is C16H17F3N2O. The maximum atomic E-state index is 12.8. The number of fused-ring (bicyclic) bond motifs is 1. The Hall–Kier alpha value is -1.98. The molecule has 1 amide bonds. The van der Waals surface area contributed by atoms with Crippen LogP contribution in [0.2, 0.25) is 0 Å². The second-order valence-corrected chi connectivity index (χ2v) is 5.74. The topological polar surface area (TPSA) is 36.1 Å². The van der Waals surface area contributed by atoms with Gasteiger partial charge in [-0.3, -0.25) is 4.79 Å². The minimum Gasteiger partial charge on any atom is -0.358 e. The number of nitrogens with zero attached hydrogens (tertiary/aromatic N) is 1. The van der Waals surface area contributed by atoms with Crippen molar-refractivity contribution < 1.29 is 18.0 Å². The fourth-order valence-corrected chi connectivity index (χ4v) is 3.04. The molecule has 1 aromatic carbocycles. The van der Waals surface area contributed by atoms with Crippen LogP contribution in [0.3, 0.4) is 0 Å². The SMILES string of the molecule is Cc1[nH]c2cc(C(F)(F)F)ccc2c1C(=O)N1CCCCC1. The normalized spacial score (nSPS) is 16.3. The maximum absolute atomic E-state index is 12.8. The van der Waals surface area contributed by atoms with Crippen molar-refractivity contribution in [2.45, 2.75) is 32.4 Å². The van der Waals surface area contributed by atoms with Gasteiger partial charge in [0.1, 0.15) is 0 Å². The number of aryl methyl sites for hydroxylation is 1. The third kappa shape index (κ3) is 2.58. The lowest BCUT2D eigenvalue weighted by Crippen LogP contribution is -2.35. The average molecular weight is 310 g/mol. The van der Waals surface area contributed by atoms with Crippen LogP contribution in [0, 0.1) is 6.92 Å². The molecule has 22 heavy (non-hydrogen) atoms. The molecule has 0 unspecified atom stereocenters. The lowest BCUT2D eigenvalue weighted by atomic mass is 10.1. The fraction of sp³-hybridized carbons (Fsp3) is 0.438. The van der Waals surface area contributed by atoms with E-state index in [0.29, 0.717) is 35.2 Å². The number of alkyl halides is 3. The number of H-pyrrole nitrogens is 1. The Bertz CT molecular complexity index is 712. The first-order valence-corrected chi connectivity index (χ1v) is 7.37. The van der Waals surface area contributed by atoms with Gasteiger partial charge in [-0.15, -0.1) is 0 Å². The van der Waals surface area contributed by atoms with Crippen molar-refractivity contribution >= 4 is 16.8 Å². The molecule has 1 N–H and O–H groups in total. The molecule has 3 rings (SSSR count). The zero-order chi connectivity index (χ0) is 15.9. The van der Waals surface area contributed by atoms with Gasteiger partial charge in [0, 0.05) is 29.7 Å². The number of benzene rings is 1. The van der Waals surface area contributed by atoms with E-state index in [1.165, 1.54) is 6.07 Å². The molecular weight excluding hydrogens is 293 g/mol. The Labute approximate surface area is 126 Å². The molecule has 1 fully saturated rings. The molecule has 1 aliphatic rings. The number of hydrogen-bond acceptors (Lipinski definition) is 1. The van der Waals surface area contributed by atoms with Gasteiger partial charge < -0.3 is 9.88 Å². The molecule has 1 aromatic heterocycles. The number of aromatic nitrogens is 1. The van der Waals surface area contributed by atoms with Gasteiger partial charge >= 0.3 is 6.18 Å². The number of piperidine rings is 1. The Kier molecular flexibility index (Phi) is 3.62. The number of carbonyl (C=O) groups is 1.